The maximum atomic E-state index is 12.4. The molecule has 0 radical (unpaired) electrons. The van der Waals surface area contributed by atoms with Gasteiger partial charge in [0.1, 0.15) is 5.82 Å². The summed E-state index contributed by atoms with van der Waals surface area (Å²) < 4.78 is 0.799. The van der Waals surface area contributed by atoms with E-state index in [-0.39, 0.29) is 11.4 Å². The molecular weight excluding hydrogens is 306 g/mol. The first kappa shape index (κ1) is 16.0. The number of hydrogen-bond donors (Lipinski definition) is 2. The number of hydrogen-bond acceptors (Lipinski definition) is 3. The van der Waals surface area contributed by atoms with Crippen LogP contribution >= 0.6 is 15.9 Å². The minimum Gasteiger partial charge on any atom is -0.370 e. The van der Waals surface area contributed by atoms with Gasteiger partial charge in [-0.2, -0.15) is 0 Å². The van der Waals surface area contributed by atoms with Gasteiger partial charge in [0.15, 0.2) is 0 Å². The van der Waals surface area contributed by atoms with Crippen LogP contribution in [0.2, 0.25) is 0 Å². The van der Waals surface area contributed by atoms with Gasteiger partial charge in [0.05, 0.1) is 5.56 Å². The molecule has 0 unspecified atom stereocenters. The van der Waals surface area contributed by atoms with Crippen LogP contribution in [0.1, 0.15) is 50.9 Å². The van der Waals surface area contributed by atoms with E-state index in [4.69, 9.17) is 0 Å². The zero-order valence-electron chi connectivity index (χ0n) is 12.0. The summed E-state index contributed by atoms with van der Waals surface area (Å²) in [5.74, 6) is 0.527. The number of halogens is 1. The summed E-state index contributed by atoms with van der Waals surface area (Å²) in [6.45, 7) is 8.89. The van der Waals surface area contributed by atoms with Crippen LogP contribution in [0.5, 0.6) is 0 Å². The summed E-state index contributed by atoms with van der Waals surface area (Å²) in [5, 5.41) is 6.17. The lowest BCUT2D eigenvalue weighted by Crippen LogP contribution is -2.43. The molecule has 5 heteroatoms. The lowest BCUT2D eigenvalue weighted by atomic mass is 9.98. The van der Waals surface area contributed by atoms with Crippen LogP contribution in [0.15, 0.2) is 16.7 Å². The second kappa shape index (κ2) is 6.89. The zero-order chi connectivity index (χ0) is 14.5. The monoisotopic (exact) mass is 327 g/mol. The van der Waals surface area contributed by atoms with Crippen molar-refractivity contribution in [2.24, 2.45) is 0 Å². The third kappa shape index (κ3) is 4.82. The third-order valence-corrected chi connectivity index (χ3v) is 3.20. The Balaban J connectivity index is 2.95. The fourth-order valence-corrected chi connectivity index (χ4v) is 2.31. The van der Waals surface area contributed by atoms with Gasteiger partial charge in [-0.1, -0.05) is 13.3 Å². The summed E-state index contributed by atoms with van der Waals surface area (Å²) >= 11 is 3.36. The van der Waals surface area contributed by atoms with Crippen molar-refractivity contribution in [2.75, 3.05) is 11.9 Å². The van der Waals surface area contributed by atoms with Gasteiger partial charge in [0.2, 0.25) is 0 Å². The van der Waals surface area contributed by atoms with Crippen molar-refractivity contribution in [3.8, 4) is 0 Å². The van der Waals surface area contributed by atoms with E-state index in [0.29, 0.717) is 11.4 Å². The lowest BCUT2D eigenvalue weighted by Gasteiger charge is -2.26. The number of carbonyl (C=O) groups is 1. The zero-order valence-corrected chi connectivity index (χ0v) is 13.6. The number of nitrogens with one attached hydrogen (secondary N) is 2. The molecule has 0 aliphatic carbocycles. The minimum absolute atomic E-state index is 0.0943. The summed E-state index contributed by atoms with van der Waals surface area (Å²) in [5.41, 5.74) is 0.359. The van der Waals surface area contributed by atoms with Crippen LogP contribution in [-0.4, -0.2) is 23.0 Å². The molecule has 0 saturated carbocycles. The van der Waals surface area contributed by atoms with E-state index in [2.05, 4.69) is 38.5 Å². The molecular formula is C14H22BrN3O. The standard InChI is InChI=1S/C14H22BrN3O/c1-5-7-14(3,4)18-13(19)11-8-10(15)9-17-12(11)16-6-2/h8-9H,5-7H2,1-4H3,(H,16,17)(H,18,19). The van der Waals surface area contributed by atoms with Crippen molar-refractivity contribution < 1.29 is 4.79 Å². The van der Waals surface area contributed by atoms with Crippen molar-refractivity contribution in [3.05, 3.63) is 22.3 Å². The molecule has 0 saturated heterocycles. The fourth-order valence-electron chi connectivity index (χ4n) is 1.98. The van der Waals surface area contributed by atoms with E-state index in [0.717, 1.165) is 23.9 Å². The molecule has 19 heavy (non-hydrogen) atoms. The molecule has 0 bridgehead atoms. The Hall–Kier alpha value is -1.10. The van der Waals surface area contributed by atoms with Gasteiger partial charge < -0.3 is 10.6 Å². The smallest absolute Gasteiger partial charge is 0.255 e. The maximum absolute atomic E-state index is 12.4. The molecule has 0 spiro atoms. The third-order valence-electron chi connectivity index (χ3n) is 2.77. The predicted molar refractivity (Wildman–Crippen MR) is 82.6 cm³/mol. The van der Waals surface area contributed by atoms with Gasteiger partial charge in [-0.25, -0.2) is 4.98 Å². The average Bonchev–Trinajstić information content (AvgIpc) is 2.30. The summed E-state index contributed by atoms with van der Waals surface area (Å²) in [6.07, 6.45) is 3.66. The summed E-state index contributed by atoms with van der Waals surface area (Å²) in [4.78, 5) is 16.6. The topological polar surface area (TPSA) is 54.0 Å². The van der Waals surface area contributed by atoms with Gasteiger partial charge in [-0.05, 0) is 49.2 Å². The molecule has 1 aromatic rings. The average molecular weight is 328 g/mol. The molecule has 1 heterocycles. The quantitative estimate of drug-likeness (QED) is 0.839. The normalized spacial score (nSPS) is 11.2. The van der Waals surface area contributed by atoms with Gasteiger partial charge in [0, 0.05) is 22.8 Å². The number of carbonyl (C=O) groups excluding carboxylic acids is 1. The minimum atomic E-state index is -0.211. The number of anilines is 1. The van der Waals surface area contributed by atoms with Crippen molar-refractivity contribution in [2.45, 2.75) is 46.1 Å². The summed E-state index contributed by atoms with van der Waals surface area (Å²) in [6, 6.07) is 1.79. The number of aromatic nitrogens is 1. The Bertz CT molecular complexity index is 446. The van der Waals surface area contributed by atoms with Crippen LogP contribution in [0.25, 0.3) is 0 Å². The highest BCUT2D eigenvalue weighted by molar-refractivity contribution is 9.10. The van der Waals surface area contributed by atoms with Crippen molar-refractivity contribution in [3.63, 3.8) is 0 Å². The lowest BCUT2D eigenvalue weighted by molar-refractivity contribution is 0.0909. The largest absolute Gasteiger partial charge is 0.370 e. The molecule has 2 N–H and O–H groups in total. The first-order chi connectivity index (χ1) is 8.89. The van der Waals surface area contributed by atoms with Crippen LogP contribution in [0.4, 0.5) is 5.82 Å². The predicted octanol–water partition coefficient (Wildman–Crippen LogP) is 3.58. The molecule has 1 rings (SSSR count). The van der Waals surface area contributed by atoms with Gasteiger partial charge in [-0.15, -0.1) is 0 Å². The molecule has 4 nitrogen and oxygen atoms in total. The van der Waals surface area contributed by atoms with E-state index >= 15 is 0 Å². The maximum Gasteiger partial charge on any atom is 0.255 e. The van der Waals surface area contributed by atoms with Crippen LogP contribution < -0.4 is 10.6 Å². The van der Waals surface area contributed by atoms with Crippen LogP contribution in [0.3, 0.4) is 0 Å². The first-order valence-corrected chi connectivity index (χ1v) is 7.41. The van der Waals surface area contributed by atoms with E-state index in [1.165, 1.54) is 0 Å². The molecule has 0 aliphatic heterocycles. The molecule has 106 valence electrons. The Kier molecular flexibility index (Phi) is 5.79. The highest BCUT2D eigenvalue weighted by Gasteiger charge is 2.22. The molecule has 0 aliphatic rings. The molecule has 0 atom stereocenters. The highest BCUT2D eigenvalue weighted by atomic mass is 79.9. The number of amides is 1. The fraction of sp³-hybridized carbons (Fsp3) is 0.571. The van der Waals surface area contributed by atoms with E-state index in [1.54, 1.807) is 12.3 Å². The Morgan fingerprint density at radius 3 is 2.68 bits per heavy atom. The molecule has 0 aromatic carbocycles. The second-order valence-corrected chi connectivity index (χ2v) is 6.08. The first-order valence-electron chi connectivity index (χ1n) is 6.61. The van der Waals surface area contributed by atoms with E-state index < -0.39 is 0 Å². The van der Waals surface area contributed by atoms with Crippen LogP contribution in [-0.2, 0) is 0 Å². The van der Waals surface area contributed by atoms with Crippen LogP contribution in [0, 0.1) is 0 Å². The molecule has 0 fully saturated rings. The molecule has 1 aromatic heterocycles. The van der Waals surface area contributed by atoms with E-state index in [1.807, 2.05) is 20.8 Å². The Labute approximate surface area is 123 Å². The van der Waals surface area contributed by atoms with Crippen molar-refractivity contribution in [1.29, 1.82) is 0 Å². The Morgan fingerprint density at radius 2 is 2.11 bits per heavy atom. The SMILES string of the molecule is CCCC(C)(C)NC(=O)c1cc(Br)cnc1NCC. The van der Waals surface area contributed by atoms with Gasteiger partial charge >= 0.3 is 0 Å². The molecule has 1 amide bonds. The Morgan fingerprint density at radius 1 is 1.42 bits per heavy atom. The number of rotatable bonds is 6. The van der Waals surface area contributed by atoms with E-state index in [9.17, 15) is 4.79 Å². The number of pyridine rings is 1. The number of nitrogens with zero attached hydrogens (tertiary/aromatic N) is 1. The second-order valence-electron chi connectivity index (χ2n) is 5.17. The highest BCUT2D eigenvalue weighted by Crippen LogP contribution is 2.20. The van der Waals surface area contributed by atoms with Gasteiger partial charge in [0.25, 0.3) is 5.91 Å². The van der Waals surface area contributed by atoms with Crippen molar-refractivity contribution >= 4 is 27.7 Å². The summed E-state index contributed by atoms with van der Waals surface area (Å²) in [7, 11) is 0. The van der Waals surface area contributed by atoms with Gasteiger partial charge in [-0.3, -0.25) is 4.79 Å². The van der Waals surface area contributed by atoms with Crippen molar-refractivity contribution in [1.82, 2.24) is 10.3 Å².